The minimum absolute atomic E-state index is 0.0172. The molecule has 0 aliphatic carbocycles. The second kappa shape index (κ2) is 5.97. The highest BCUT2D eigenvalue weighted by Gasteiger charge is 2.21. The molecule has 0 fully saturated rings. The average Bonchev–Trinajstić information content (AvgIpc) is 3.02. The van der Waals surface area contributed by atoms with E-state index in [0.29, 0.717) is 22.8 Å². The molecule has 5 nitrogen and oxygen atoms in total. The minimum atomic E-state index is 0.0172. The van der Waals surface area contributed by atoms with Gasteiger partial charge < -0.3 is 18.9 Å². The van der Waals surface area contributed by atoms with Gasteiger partial charge in [0.15, 0.2) is 17.3 Å². The third-order valence-corrected chi connectivity index (χ3v) is 3.49. The molecule has 2 aromatic rings. The van der Waals surface area contributed by atoms with Gasteiger partial charge in [-0.1, -0.05) is 0 Å². The maximum absolute atomic E-state index is 12.4. The fourth-order valence-corrected chi connectivity index (χ4v) is 2.35. The zero-order valence-corrected chi connectivity index (χ0v) is 12.4. The van der Waals surface area contributed by atoms with E-state index in [1.165, 1.54) is 0 Å². The Bertz CT molecular complexity index is 691. The molecule has 1 heterocycles. The lowest BCUT2D eigenvalue weighted by Gasteiger charge is -2.08. The molecule has 3 rings (SSSR count). The molecule has 0 unspecified atom stereocenters. The number of fused-ring (bicyclic) bond motifs is 1. The van der Waals surface area contributed by atoms with Crippen molar-refractivity contribution in [1.29, 1.82) is 0 Å². The van der Waals surface area contributed by atoms with Crippen molar-refractivity contribution >= 4 is 5.78 Å². The van der Waals surface area contributed by atoms with Crippen LogP contribution in [0.1, 0.15) is 15.9 Å². The Morgan fingerprint density at radius 1 is 1.09 bits per heavy atom. The van der Waals surface area contributed by atoms with Crippen LogP contribution in [0.3, 0.4) is 0 Å². The Kier molecular flexibility index (Phi) is 3.87. The number of ketones is 1. The molecule has 0 atom stereocenters. The molecule has 0 radical (unpaired) electrons. The molecular weight excluding hydrogens is 284 g/mol. The Hall–Kier alpha value is -2.69. The van der Waals surface area contributed by atoms with Crippen LogP contribution in [-0.2, 0) is 6.42 Å². The lowest BCUT2D eigenvalue weighted by molar-refractivity contribution is 0.0993. The quantitative estimate of drug-likeness (QED) is 0.795. The fourth-order valence-electron chi connectivity index (χ4n) is 2.35. The second-order valence-corrected chi connectivity index (χ2v) is 4.86. The first-order valence-corrected chi connectivity index (χ1v) is 6.85. The van der Waals surface area contributed by atoms with Crippen LogP contribution >= 0.6 is 0 Å². The highest BCUT2D eigenvalue weighted by atomic mass is 16.7. The SMILES string of the molecule is COc1ccc(C(=O)Cc2cc(OC)c3c(c2)OCO3)cc1. The fraction of sp³-hybridized carbons (Fsp3) is 0.235. The van der Waals surface area contributed by atoms with Crippen LogP contribution in [0.25, 0.3) is 0 Å². The molecular formula is C17H16O5. The standard InChI is InChI=1S/C17H16O5/c1-19-13-5-3-12(4-6-13)14(18)7-11-8-15(20-2)17-16(9-11)21-10-22-17/h3-6,8-9H,7,10H2,1-2H3. The summed E-state index contributed by atoms with van der Waals surface area (Å²) >= 11 is 0. The van der Waals surface area contributed by atoms with Gasteiger partial charge in [-0.05, 0) is 42.0 Å². The summed E-state index contributed by atoms with van der Waals surface area (Å²) < 4.78 is 21.1. The summed E-state index contributed by atoms with van der Waals surface area (Å²) in [5.74, 6) is 2.51. The van der Waals surface area contributed by atoms with Gasteiger partial charge in [-0.25, -0.2) is 0 Å². The Morgan fingerprint density at radius 3 is 2.55 bits per heavy atom. The largest absolute Gasteiger partial charge is 0.497 e. The number of carbonyl (C=O) groups excluding carboxylic acids is 1. The van der Waals surface area contributed by atoms with E-state index in [1.807, 2.05) is 6.07 Å². The van der Waals surface area contributed by atoms with Crippen molar-refractivity contribution in [3.05, 3.63) is 47.5 Å². The number of methoxy groups -OCH3 is 2. The van der Waals surface area contributed by atoms with Crippen LogP contribution < -0.4 is 18.9 Å². The first-order chi connectivity index (χ1) is 10.7. The molecule has 0 N–H and O–H groups in total. The van der Waals surface area contributed by atoms with Crippen LogP contribution in [0.4, 0.5) is 0 Å². The van der Waals surface area contributed by atoms with Crippen LogP contribution in [0, 0.1) is 0 Å². The highest BCUT2D eigenvalue weighted by Crippen LogP contribution is 2.42. The normalized spacial score (nSPS) is 12.1. The van der Waals surface area contributed by atoms with E-state index in [4.69, 9.17) is 18.9 Å². The van der Waals surface area contributed by atoms with E-state index in [-0.39, 0.29) is 19.0 Å². The van der Waals surface area contributed by atoms with Crippen LogP contribution in [0.5, 0.6) is 23.0 Å². The van der Waals surface area contributed by atoms with Crippen LogP contribution in [0.15, 0.2) is 36.4 Å². The summed E-state index contributed by atoms with van der Waals surface area (Å²) in [4.78, 5) is 12.4. The van der Waals surface area contributed by atoms with Gasteiger partial charge in [-0.15, -0.1) is 0 Å². The van der Waals surface area contributed by atoms with Crippen molar-refractivity contribution in [2.45, 2.75) is 6.42 Å². The van der Waals surface area contributed by atoms with Crippen molar-refractivity contribution in [2.24, 2.45) is 0 Å². The average molecular weight is 300 g/mol. The highest BCUT2D eigenvalue weighted by molar-refractivity contribution is 5.97. The Balaban J connectivity index is 1.81. The summed E-state index contributed by atoms with van der Waals surface area (Å²) in [6, 6.07) is 10.7. The predicted molar refractivity (Wildman–Crippen MR) is 80.1 cm³/mol. The second-order valence-electron chi connectivity index (χ2n) is 4.86. The molecule has 0 bridgehead atoms. The molecule has 114 valence electrons. The van der Waals surface area contributed by atoms with E-state index in [1.54, 1.807) is 44.6 Å². The molecule has 5 heteroatoms. The van der Waals surface area contributed by atoms with E-state index >= 15 is 0 Å². The summed E-state index contributed by atoms with van der Waals surface area (Å²) in [6.45, 7) is 0.168. The molecule has 0 saturated carbocycles. The topological polar surface area (TPSA) is 54.0 Å². The van der Waals surface area contributed by atoms with Gasteiger partial charge >= 0.3 is 0 Å². The number of hydrogen-bond acceptors (Lipinski definition) is 5. The third-order valence-electron chi connectivity index (χ3n) is 3.49. The van der Waals surface area contributed by atoms with Crippen LogP contribution in [0.2, 0.25) is 0 Å². The Labute approximate surface area is 128 Å². The summed E-state index contributed by atoms with van der Waals surface area (Å²) in [5.41, 5.74) is 1.46. The zero-order chi connectivity index (χ0) is 15.5. The van der Waals surface area contributed by atoms with Crippen molar-refractivity contribution in [1.82, 2.24) is 0 Å². The van der Waals surface area contributed by atoms with Gasteiger partial charge in [-0.2, -0.15) is 0 Å². The molecule has 22 heavy (non-hydrogen) atoms. The number of benzene rings is 2. The Morgan fingerprint density at radius 2 is 1.86 bits per heavy atom. The lowest BCUT2D eigenvalue weighted by Crippen LogP contribution is -2.04. The number of rotatable bonds is 5. The first kappa shape index (κ1) is 14.3. The molecule has 0 saturated heterocycles. The third kappa shape index (κ3) is 2.70. The number of hydrogen-bond donors (Lipinski definition) is 0. The molecule has 0 spiro atoms. The van der Waals surface area contributed by atoms with E-state index in [9.17, 15) is 4.79 Å². The van der Waals surface area contributed by atoms with Crippen LogP contribution in [-0.4, -0.2) is 26.8 Å². The van der Waals surface area contributed by atoms with Gasteiger partial charge in [-0.3, -0.25) is 4.79 Å². The van der Waals surface area contributed by atoms with Gasteiger partial charge in [0, 0.05) is 12.0 Å². The summed E-state index contributed by atoms with van der Waals surface area (Å²) in [5, 5.41) is 0. The minimum Gasteiger partial charge on any atom is -0.497 e. The monoisotopic (exact) mass is 300 g/mol. The van der Waals surface area contributed by atoms with Gasteiger partial charge in [0.2, 0.25) is 12.5 Å². The number of ether oxygens (including phenoxy) is 4. The number of carbonyl (C=O) groups is 1. The van der Waals surface area contributed by atoms with Gasteiger partial charge in [0.05, 0.1) is 14.2 Å². The molecule has 2 aromatic carbocycles. The summed E-state index contributed by atoms with van der Waals surface area (Å²) in [7, 11) is 3.15. The van der Waals surface area contributed by atoms with E-state index in [2.05, 4.69) is 0 Å². The maximum atomic E-state index is 12.4. The van der Waals surface area contributed by atoms with E-state index in [0.717, 1.165) is 11.3 Å². The van der Waals surface area contributed by atoms with Gasteiger partial charge in [0.25, 0.3) is 0 Å². The molecule has 0 amide bonds. The molecule has 1 aliphatic heterocycles. The van der Waals surface area contributed by atoms with Gasteiger partial charge in [0.1, 0.15) is 5.75 Å². The molecule has 0 aromatic heterocycles. The number of Topliss-reactive ketones (excluding diaryl/α,β-unsaturated/α-hetero) is 1. The summed E-state index contributed by atoms with van der Waals surface area (Å²) in [6.07, 6.45) is 0.263. The zero-order valence-electron chi connectivity index (χ0n) is 12.4. The maximum Gasteiger partial charge on any atom is 0.231 e. The van der Waals surface area contributed by atoms with Crippen molar-refractivity contribution in [3.8, 4) is 23.0 Å². The van der Waals surface area contributed by atoms with Crippen molar-refractivity contribution in [3.63, 3.8) is 0 Å². The van der Waals surface area contributed by atoms with Crippen molar-refractivity contribution in [2.75, 3.05) is 21.0 Å². The smallest absolute Gasteiger partial charge is 0.231 e. The first-order valence-electron chi connectivity index (χ1n) is 6.85. The van der Waals surface area contributed by atoms with Crippen molar-refractivity contribution < 1.29 is 23.7 Å². The molecule has 1 aliphatic rings. The predicted octanol–water partition coefficient (Wildman–Crippen LogP) is 2.86. The lowest BCUT2D eigenvalue weighted by atomic mass is 10.0. The van der Waals surface area contributed by atoms with E-state index < -0.39 is 0 Å².